The standard InChI is InChI=1S/C41H82N2O4/c1-6-10-13-15-17-19-21-24-30-37(44)34-43(35-38(45)31-25-22-20-18-16-14-11-7-2)33-27-26-29-36(5)41(47)42-39(32-23-12-8-3)40(46)28-9-4/h36-39,44-45H,6-35H2,1-5H3,(H,42,47). The summed E-state index contributed by atoms with van der Waals surface area (Å²) in [5.74, 6) is 0.0249. The number of nitrogens with zero attached hydrogens (tertiary/aromatic N) is 1. The average Bonchev–Trinajstić information content (AvgIpc) is 3.05. The molecule has 4 atom stereocenters. The van der Waals surface area contributed by atoms with Crippen molar-refractivity contribution in [1.29, 1.82) is 0 Å². The van der Waals surface area contributed by atoms with E-state index in [1.54, 1.807) is 0 Å². The third-order valence-electron chi connectivity index (χ3n) is 9.83. The molecule has 0 saturated carbocycles. The van der Waals surface area contributed by atoms with Crippen molar-refractivity contribution in [3.63, 3.8) is 0 Å². The lowest BCUT2D eigenvalue weighted by Gasteiger charge is -2.28. The lowest BCUT2D eigenvalue weighted by molar-refractivity contribution is -0.130. The fraction of sp³-hybridized carbons (Fsp3) is 0.951. The van der Waals surface area contributed by atoms with Crippen molar-refractivity contribution < 1.29 is 19.8 Å². The molecular formula is C41H82N2O4. The van der Waals surface area contributed by atoms with Crippen LogP contribution in [0.5, 0.6) is 0 Å². The van der Waals surface area contributed by atoms with Crippen LogP contribution in [-0.2, 0) is 9.59 Å². The zero-order valence-corrected chi connectivity index (χ0v) is 32.2. The number of amides is 1. The third kappa shape index (κ3) is 28.6. The highest BCUT2D eigenvalue weighted by Gasteiger charge is 2.23. The van der Waals surface area contributed by atoms with Gasteiger partial charge in [0.25, 0.3) is 0 Å². The van der Waals surface area contributed by atoms with Gasteiger partial charge >= 0.3 is 0 Å². The number of rotatable bonds is 36. The quantitative estimate of drug-likeness (QED) is 0.0579. The van der Waals surface area contributed by atoms with Gasteiger partial charge in [0.1, 0.15) is 0 Å². The molecule has 0 fully saturated rings. The van der Waals surface area contributed by atoms with Crippen molar-refractivity contribution in [2.24, 2.45) is 5.92 Å². The molecule has 6 heteroatoms. The van der Waals surface area contributed by atoms with Gasteiger partial charge < -0.3 is 15.5 Å². The predicted octanol–water partition coefficient (Wildman–Crippen LogP) is 10.3. The fourth-order valence-corrected chi connectivity index (χ4v) is 6.63. The van der Waals surface area contributed by atoms with Crippen LogP contribution in [0.1, 0.15) is 208 Å². The molecule has 6 nitrogen and oxygen atoms in total. The fourth-order valence-electron chi connectivity index (χ4n) is 6.63. The Hall–Kier alpha value is -0.980. The summed E-state index contributed by atoms with van der Waals surface area (Å²) < 4.78 is 0. The van der Waals surface area contributed by atoms with Gasteiger partial charge in [-0.05, 0) is 45.1 Å². The third-order valence-corrected chi connectivity index (χ3v) is 9.83. The van der Waals surface area contributed by atoms with Gasteiger partial charge in [0.2, 0.25) is 5.91 Å². The summed E-state index contributed by atoms with van der Waals surface area (Å²) in [6.45, 7) is 12.7. The zero-order valence-electron chi connectivity index (χ0n) is 32.2. The molecule has 0 heterocycles. The summed E-state index contributed by atoms with van der Waals surface area (Å²) in [6, 6.07) is -0.350. The van der Waals surface area contributed by atoms with E-state index in [-0.39, 0.29) is 35.9 Å². The second-order valence-corrected chi connectivity index (χ2v) is 14.8. The van der Waals surface area contributed by atoms with Crippen molar-refractivity contribution in [2.45, 2.75) is 226 Å². The summed E-state index contributed by atoms with van der Waals surface area (Å²) in [4.78, 5) is 27.9. The van der Waals surface area contributed by atoms with Gasteiger partial charge in [0.05, 0.1) is 18.2 Å². The van der Waals surface area contributed by atoms with Gasteiger partial charge in [-0.2, -0.15) is 0 Å². The van der Waals surface area contributed by atoms with Crippen LogP contribution in [0, 0.1) is 5.92 Å². The Kier molecular flexibility index (Phi) is 32.8. The number of hydrogen-bond acceptors (Lipinski definition) is 5. The minimum atomic E-state index is -0.361. The van der Waals surface area contributed by atoms with Gasteiger partial charge in [-0.1, -0.05) is 163 Å². The number of carbonyl (C=O) groups is 2. The lowest BCUT2D eigenvalue weighted by atomic mass is 9.98. The van der Waals surface area contributed by atoms with E-state index in [0.29, 0.717) is 19.5 Å². The summed E-state index contributed by atoms with van der Waals surface area (Å²) in [6.07, 6.45) is 29.0. The summed E-state index contributed by atoms with van der Waals surface area (Å²) >= 11 is 0. The minimum absolute atomic E-state index is 0.00520. The van der Waals surface area contributed by atoms with Crippen LogP contribution in [0.4, 0.5) is 0 Å². The van der Waals surface area contributed by atoms with Crippen LogP contribution in [0.2, 0.25) is 0 Å². The number of hydrogen-bond donors (Lipinski definition) is 3. The molecule has 4 unspecified atom stereocenters. The highest BCUT2D eigenvalue weighted by atomic mass is 16.3. The first-order chi connectivity index (χ1) is 22.8. The molecule has 0 aliphatic carbocycles. The minimum Gasteiger partial charge on any atom is -0.392 e. The smallest absolute Gasteiger partial charge is 0.223 e. The van der Waals surface area contributed by atoms with E-state index in [0.717, 1.165) is 83.6 Å². The lowest BCUT2D eigenvalue weighted by Crippen LogP contribution is -2.43. The maximum atomic E-state index is 13.0. The molecule has 0 aromatic rings. The Morgan fingerprint density at radius 3 is 1.40 bits per heavy atom. The molecule has 1 amide bonds. The molecule has 0 bridgehead atoms. The van der Waals surface area contributed by atoms with E-state index in [1.165, 1.54) is 89.9 Å². The van der Waals surface area contributed by atoms with Gasteiger partial charge in [-0.3, -0.25) is 14.5 Å². The Morgan fingerprint density at radius 2 is 0.936 bits per heavy atom. The second-order valence-electron chi connectivity index (χ2n) is 14.8. The molecule has 0 aliphatic heterocycles. The summed E-state index contributed by atoms with van der Waals surface area (Å²) in [7, 11) is 0. The first-order valence-corrected chi connectivity index (χ1v) is 20.7. The van der Waals surface area contributed by atoms with Gasteiger partial charge in [-0.25, -0.2) is 0 Å². The highest BCUT2D eigenvalue weighted by Crippen LogP contribution is 2.16. The van der Waals surface area contributed by atoms with Crippen molar-refractivity contribution in [3.8, 4) is 0 Å². The molecule has 0 aromatic carbocycles. The molecule has 0 spiro atoms. The van der Waals surface area contributed by atoms with Crippen LogP contribution in [-0.4, -0.2) is 64.7 Å². The van der Waals surface area contributed by atoms with Gasteiger partial charge in [-0.15, -0.1) is 0 Å². The number of Topliss-reactive ketones (excluding diaryl/α,β-unsaturated/α-hetero) is 1. The molecule has 47 heavy (non-hydrogen) atoms. The first-order valence-electron chi connectivity index (χ1n) is 20.7. The van der Waals surface area contributed by atoms with E-state index in [4.69, 9.17) is 0 Å². The van der Waals surface area contributed by atoms with Crippen molar-refractivity contribution in [1.82, 2.24) is 10.2 Å². The van der Waals surface area contributed by atoms with Crippen LogP contribution in [0.15, 0.2) is 0 Å². The van der Waals surface area contributed by atoms with E-state index < -0.39 is 0 Å². The van der Waals surface area contributed by atoms with E-state index in [9.17, 15) is 19.8 Å². The predicted molar refractivity (Wildman–Crippen MR) is 202 cm³/mol. The Balaban J connectivity index is 4.75. The maximum Gasteiger partial charge on any atom is 0.223 e. The molecular weight excluding hydrogens is 584 g/mol. The Labute approximate surface area is 293 Å². The highest BCUT2D eigenvalue weighted by molar-refractivity contribution is 5.89. The van der Waals surface area contributed by atoms with Crippen molar-refractivity contribution in [3.05, 3.63) is 0 Å². The molecule has 0 rings (SSSR count). The van der Waals surface area contributed by atoms with Crippen LogP contribution >= 0.6 is 0 Å². The monoisotopic (exact) mass is 667 g/mol. The normalized spacial score (nSPS) is 14.3. The van der Waals surface area contributed by atoms with Crippen LogP contribution < -0.4 is 5.32 Å². The molecule has 3 N–H and O–H groups in total. The topological polar surface area (TPSA) is 89.9 Å². The molecule has 0 aromatic heterocycles. The average molecular weight is 667 g/mol. The zero-order chi connectivity index (χ0) is 35.0. The first kappa shape index (κ1) is 46.0. The van der Waals surface area contributed by atoms with E-state index in [2.05, 4.69) is 31.0 Å². The van der Waals surface area contributed by atoms with Crippen molar-refractivity contribution >= 4 is 11.7 Å². The van der Waals surface area contributed by atoms with Crippen LogP contribution in [0.3, 0.4) is 0 Å². The maximum absolute atomic E-state index is 13.0. The van der Waals surface area contributed by atoms with Crippen molar-refractivity contribution in [2.75, 3.05) is 19.6 Å². The second kappa shape index (κ2) is 33.5. The summed E-state index contributed by atoms with van der Waals surface area (Å²) in [5.41, 5.74) is 0. The number of nitrogens with one attached hydrogen (secondary N) is 1. The number of carbonyl (C=O) groups excluding carboxylic acids is 2. The van der Waals surface area contributed by atoms with E-state index in [1.807, 2.05) is 13.8 Å². The van der Waals surface area contributed by atoms with Gasteiger partial charge in [0, 0.05) is 25.4 Å². The van der Waals surface area contributed by atoms with E-state index >= 15 is 0 Å². The van der Waals surface area contributed by atoms with Crippen LogP contribution in [0.25, 0.3) is 0 Å². The largest absolute Gasteiger partial charge is 0.392 e. The number of unbranched alkanes of at least 4 members (excludes halogenated alkanes) is 17. The summed E-state index contributed by atoms with van der Waals surface area (Å²) in [5, 5.41) is 24.9. The molecule has 0 saturated heterocycles. The number of ketones is 1. The molecule has 0 aliphatic rings. The number of aliphatic hydroxyl groups is 2. The van der Waals surface area contributed by atoms with Gasteiger partial charge in [0.15, 0.2) is 5.78 Å². The molecule has 0 radical (unpaired) electrons. The SMILES string of the molecule is CCCCCCCCCCC(O)CN(CCCCC(C)C(=O)NC(CCCCC)C(=O)CCC)CC(O)CCCCCCCCCC. The number of aliphatic hydroxyl groups excluding tert-OH is 2. The Bertz CT molecular complexity index is 675. The molecule has 280 valence electrons. The Morgan fingerprint density at radius 1 is 0.532 bits per heavy atom.